The summed E-state index contributed by atoms with van der Waals surface area (Å²) < 4.78 is 0. The van der Waals surface area contributed by atoms with Crippen LogP contribution in [-0.2, 0) is 0 Å². The van der Waals surface area contributed by atoms with Crippen LogP contribution in [-0.4, -0.2) is 15.4 Å². The van der Waals surface area contributed by atoms with Crippen molar-refractivity contribution in [1.29, 1.82) is 5.26 Å². The molecule has 0 saturated heterocycles. The molecule has 6 heteroatoms. The number of nitrogens with zero attached hydrogens (tertiary/aromatic N) is 3. The van der Waals surface area contributed by atoms with Crippen LogP contribution in [0.1, 0.15) is 11.3 Å². The summed E-state index contributed by atoms with van der Waals surface area (Å²) in [5.41, 5.74) is 8.39. The van der Waals surface area contributed by atoms with E-state index in [9.17, 15) is 0 Å². The monoisotopic (exact) mass is 256 g/mol. The molecule has 2 rings (SSSR count). The van der Waals surface area contributed by atoms with Gasteiger partial charge in [-0.25, -0.2) is 4.98 Å². The third-order valence-electron chi connectivity index (χ3n) is 2.70. The lowest BCUT2D eigenvalue weighted by atomic mass is 10.0. The molecule has 0 saturated carbocycles. The van der Waals surface area contributed by atoms with Crippen molar-refractivity contribution in [1.82, 2.24) is 4.98 Å². The molecule has 0 spiro atoms. The largest absolute Gasteiger partial charge is 0.383 e. The lowest BCUT2D eigenvalue weighted by Gasteiger charge is -2.10. The SMILES string of the molecule is Cc1cc(-c2ccc(N(O)O)cc2)c(C#N)c(N)n1. The Labute approximate surface area is 109 Å². The number of aromatic nitrogens is 1. The van der Waals surface area contributed by atoms with Gasteiger partial charge in [0.05, 0.1) is 5.69 Å². The van der Waals surface area contributed by atoms with Crippen LogP contribution in [0.3, 0.4) is 0 Å². The normalized spacial score (nSPS) is 10.0. The first-order valence-electron chi connectivity index (χ1n) is 5.48. The van der Waals surface area contributed by atoms with E-state index in [2.05, 4.69) is 4.98 Å². The number of nitrogen functional groups attached to an aromatic ring is 1. The molecule has 0 aliphatic carbocycles. The van der Waals surface area contributed by atoms with Gasteiger partial charge in [-0.05, 0) is 30.7 Å². The highest BCUT2D eigenvalue weighted by Crippen LogP contribution is 2.28. The highest BCUT2D eigenvalue weighted by Gasteiger charge is 2.11. The fraction of sp³-hybridized carbons (Fsp3) is 0.0769. The first kappa shape index (κ1) is 12.8. The van der Waals surface area contributed by atoms with E-state index in [-0.39, 0.29) is 16.7 Å². The van der Waals surface area contributed by atoms with E-state index in [4.69, 9.17) is 21.4 Å². The number of nitriles is 1. The quantitative estimate of drug-likeness (QED) is 0.710. The average Bonchev–Trinajstić information content (AvgIpc) is 2.38. The molecule has 1 aromatic carbocycles. The van der Waals surface area contributed by atoms with Crippen LogP contribution in [0.2, 0.25) is 0 Å². The Morgan fingerprint density at radius 2 is 1.89 bits per heavy atom. The summed E-state index contributed by atoms with van der Waals surface area (Å²) in [6, 6.07) is 10.2. The maximum absolute atomic E-state index is 9.14. The summed E-state index contributed by atoms with van der Waals surface area (Å²) in [5.74, 6) is 0.188. The first-order chi connectivity index (χ1) is 9.02. The molecule has 4 N–H and O–H groups in total. The second-order valence-electron chi connectivity index (χ2n) is 4.02. The van der Waals surface area contributed by atoms with Crippen LogP contribution in [0.25, 0.3) is 11.1 Å². The van der Waals surface area contributed by atoms with E-state index in [0.29, 0.717) is 16.8 Å². The van der Waals surface area contributed by atoms with Crippen LogP contribution in [0.15, 0.2) is 30.3 Å². The molecular weight excluding hydrogens is 244 g/mol. The molecule has 1 heterocycles. The van der Waals surface area contributed by atoms with Crippen molar-refractivity contribution in [3.63, 3.8) is 0 Å². The van der Waals surface area contributed by atoms with Crippen LogP contribution in [0.5, 0.6) is 0 Å². The van der Waals surface area contributed by atoms with Crippen molar-refractivity contribution in [3.05, 3.63) is 41.6 Å². The standard InChI is InChI=1S/C13H12N4O2/c1-8-6-11(12(7-14)13(15)16-8)9-2-4-10(5-3-9)17(18)19/h2-6,18-19H,1H3,(H2,15,16). The molecule has 6 nitrogen and oxygen atoms in total. The Hall–Kier alpha value is -2.62. The Morgan fingerprint density at radius 3 is 2.42 bits per heavy atom. The van der Waals surface area contributed by atoms with Gasteiger partial charge in [0.2, 0.25) is 0 Å². The summed E-state index contributed by atoms with van der Waals surface area (Å²) in [5, 5.41) is 26.9. The predicted octanol–water partition coefficient (Wildman–Crippen LogP) is 2.10. The number of nitrogens with two attached hydrogens (primary N) is 1. The van der Waals surface area contributed by atoms with E-state index in [1.807, 2.05) is 6.07 Å². The Morgan fingerprint density at radius 1 is 1.26 bits per heavy atom. The van der Waals surface area contributed by atoms with E-state index < -0.39 is 0 Å². The zero-order valence-electron chi connectivity index (χ0n) is 10.2. The van der Waals surface area contributed by atoms with Crippen LogP contribution < -0.4 is 11.0 Å². The number of hydrogen-bond acceptors (Lipinski definition) is 6. The topological polar surface area (TPSA) is 106 Å². The molecular formula is C13H12N4O2. The van der Waals surface area contributed by atoms with Gasteiger partial charge in [-0.1, -0.05) is 12.1 Å². The maximum atomic E-state index is 9.14. The lowest BCUT2D eigenvalue weighted by molar-refractivity contribution is 0.0292. The number of pyridine rings is 1. The van der Waals surface area contributed by atoms with Gasteiger partial charge in [0.1, 0.15) is 17.5 Å². The second kappa shape index (κ2) is 4.94. The molecule has 1 aromatic heterocycles. The van der Waals surface area contributed by atoms with Crippen molar-refractivity contribution in [2.45, 2.75) is 6.92 Å². The third kappa shape index (κ3) is 2.47. The fourth-order valence-electron chi connectivity index (χ4n) is 1.82. The van der Waals surface area contributed by atoms with Gasteiger partial charge in [-0.2, -0.15) is 5.26 Å². The molecule has 0 atom stereocenters. The zero-order valence-corrected chi connectivity index (χ0v) is 10.2. The zero-order chi connectivity index (χ0) is 14.0. The number of anilines is 2. The number of aryl methyl sites for hydroxylation is 1. The van der Waals surface area contributed by atoms with Crippen molar-refractivity contribution < 1.29 is 10.4 Å². The molecule has 0 fully saturated rings. The second-order valence-corrected chi connectivity index (χ2v) is 4.02. The number of benzene rings is 1. The molecule has 0 aliphatic heterocycles. The molecule has 0 radical (unpaired) electrons. The predicted molar refractivity (Wildman–Crippen MR) is 69.6 cm³/mol. The Balaban J connectivity index is 2.56. The minimum absolute atomic E-state index is 0.0289. The highest BCUT2D eigenvalue weighted by atomic mass is 16.8. The Bertz CT molecular complexity index is 645. The smallest absolute Gasteiger partial charge is 0.142 e. The molecule has 0 bridgehead atoms. The van der Waals surface area contributed by atoms with Gasteiger partial charge in [-0.3, -0.25) is 10.4 Å². The number of hydrogen-bond donors (Lipinski definition) is 3. The van der Waals surface area contributed by atoms with E-state index in [0.717, 1.165) is 5.56 Å². The summed E-state index contributed by atoms with van der Waals surface area (Å²) in [4.78, 5) is 4.04. The Kier molecular flexibility index (Phi) is 3.33. The van der Waals surface area contributed by atoms with Crippen LogP contribution >= 0.6 is 0 Å². The highest BCUT2D eigenvalue weighted by molar-refractivity contribution is 5.76. The lowest BCUT2D eigenvalue weighted by Crippen LogP contribution is -2.10. The summed E-state index contributed by atoms with van der Waals surface area (Å²) in [6.45, 7) is 1.79. The van der Waals surface area contributed by atoms with Gasteiger partial charge >= 0.3 is 0 Å². The molecule has 2 aromatic rings. The summed E-state index contributed by atoms with van der Waals surface area (Å²) in [6.07, 6.45) is 0. The average molecular weight is 256 g/mol. The third-order valence-corrected chi connectivity index (χ3v) is 2.70. The van der Waals surface area contributed by atoms with Crippen LogP contribution in [0.4, 0.5) is 11.5 Å². The van der Waals surface area contributed by atoms with Crippen molar-refractivity contribution in [2.24, 2.45) is 0 Å². The van der Waals surface area contributed by atoms with Crippen LogP contribution in [0, 0.1) is 18.3 Å². The van der Waals surface area contributed by atoms with Crippen molar-refractivity contribution >= 4 is 11.5 Å². The molecule has 96 valence electrons. The number of rotatable bonds is 2. The molecule has 19 heavy (non-hydrogen) atoms. The van der Waals surface area contributed by atoms with E-state index in [1.54, 1.807) is 25.1 Å². The van der Waals surface area contributed by atoms with Gasteiger partial charge in [0.25, 0.3) is 0 Å². The van der Waals surface area contributed by atoms with Gasteiger partial charge < -0.3 is 5.73 Å². The van der Waals surface area contributed by atoms with Gasteiger partial charge in [0.15, 0.2) is 0 Å². The molecule has 0 unspecified atom stereocenters. The van der Waals surface area contributed by atoms with E-state index >= 15 is 0 Å². The fourth-order valence-corrected chi connectivity index (χ4v) is 1.82. The summed E-state index contributed by atoms with van der Waals surface area (Å²) in [7, 11) is 0. The molecule has 0 aliphatic rings. The summed E-state index contributed by atoms with van der Waals surface area (Å²) >= 11 is 0. The van der Waals surface area contributed by atoms with E-state index in [1.165, 1.54) is 12.1 Å². The van der Waals surface area contributed by atoms with Gasteiger partial charge in [-0.15, -0.1) is 5.23 Å². The van der Waals surface area contributed by atoms with Crippen molar-refractivity contribution in [3.8, 4) is 17.2 Å². The van der Waals surface area contributed by atoms with Gasteiger partial charge in [0, 0.05) is 11.3 Å². The maximum Gasteiger partial charge on any atom is 0.142 e. The minimum atomic E-state index is 0.0289. The molecule has 0 amide bonds. The van der Waals surface area contributed by atoms with Crippen molar-refractivity contribution in [2.75, 3.05) is 11.0 Å². The minimum Gasteiger partial charge on any atom is -0.383 e. The first-order valence-corrected chi connectivity index (χ1v) is 5.48.